The number of benzene rings is 2. The summed E-state index contributed by atoms with van der Waals surface area (Å²) in [5.41, 5.74) is 0.122. The van der Waals surface area contributed by atoms with Gasteiger partial charge in [-0.15, -0.1) is 0 Å². The summed E-state index contributed by atoms with van der Waals surface area (Å²) < 4.78 is 24.1. The molecule has 0 amide bonds. The number of hydrogen-bond donors (Lipinski definition) is 1. The number of rotatable bonds is 4. The van der Waals surface area contributed by atoms with Gasteiger partial charge in [0, 0.05) is 23.1 Å². The van der Waals surface area contributed by atoms with Crippen LogP contribution < -0.4 is 10.4 Å². The standard InChI is InChI=1S/C17H13FO4/c18-14-4-2-1-3-13(14)15(19)10-21-12-7-5-11-6-8-17(20)22-16(11)9-12/h1-9,15,19H,10H2. The minimum Gasteiger partial charge on any atom is -0.490 e. The highest BCUT2D eigenvalue weighted by molar-refractivity contribution is 5.77. The van der Waals surface area contributed by atoms with Crippen molar-refractivity contribution < 1.29 is 18.7 Å². The predicted octanol–water partition coefficient (Wildman–Crippen LogP) is 3.04. The summed E-state index contributed by atoms with van der Waals surface area (Å²) in [4.78, 5) is 11.2. The van der Waals surface area contributed by atoms with E-state index in [9.17, 15) is 14.3 Å². The molecule has 0 spiro atoms. The van der Waals surface area contributed by atoms with E-state index in [2.05, 4.69) is 0 Å². The third kappa shape index (κ3) is 2.99. The van der Waals surface area contributed by atoms with Gasteiger partial charge in [0.05, 0.1) is 0 Å². The van der Waals surface area contributed by atoms with E-state index in [4.69, 9.17) is 9.15 Å². The van der Waals surface area contributed by atoms with Crippen LogP contribution in [-0.4, -0.2) is 11.7 Å². The highest BCUT2D eigenvalue weighted by Crippen LogP contribution is 2.22. The van der Waals surface area contributed by atoms with E-state index in [0.29, 0.717) is 11.3 Å². The minimum absolute atomic E-state index is 0.108. The van der Waals surface area contributed by atoms with Crippen LogP contribution in [0.25, 0.3) is 11.0 Å². The number of halogens is 1. The van der Waals surface area contributed by atoms with Crippen LogP contribution in [0.5, 0.6) is 5.75 Å². The SMILES string of the molecule is O=c1ccc2ccc(OCC(O)c3ccccc3F)cc2o1. The van der Waals surface area contributed by atoms with Gasteiger partial charge in [0.1, 0.15) is 29.9 Å². The fourth-order valence-corrected chi connectivity index (χ4v) is 2.14. The molecule has 0 aliphatic heterocycles. The molecule has 0 aliphatic rings. The van der Waals surface area contributed by atoms with Crippen molar-refractivity contribution in [1.29, 1.82) is 0 Å². The van der Waals surface area contributed by atoms with Crippen molar-refractivity contribution in [2.45, 2.75) is 6.10 Å². The lowest BCUT2D eigenvalue weighted by atomic mass is 10.1. The Bertz CT molecular complexity index is 856. The van der Waals surface area contributed by atoms with Gasteiger partial charge in [-0.1, -0.05) is 18.2 Å². The molecule has 1 aromatic heterocycles. The number of fused-ring (bicyclic) bond motifs is 1. The quantitative estimate of drug-likeness (QED) is 0.752. The molecule has 1 heterocycles. The van der Waals surface area contributed by atoms with Crippen molar-refractivity contribution in [3.8, 4) is 5.75 Å². The molecular weight excluding hydrogens is 287 g/mol. The maximum absolute atomic E-state index is 13.6. The molecule has 0 saturated heterocycles. The van der Waals surface area contributed by atoms with Gasteiger partial charge >= 0.3 is 5.63 Å². The highest BCUT2D eigenvalue weighted by Gasteiger charge is 2.13. The summed E-state index contributed by atoms with van der Waals surface area (Å²) in [5.74, 6) is -0.0552. The van der Waals surface area contributed by atoms with Gasteiger partial charge in [-0.05, 0) is 24.3 Å². The summed E-state index contributed by atoms with van der Waals surface area (Å²) in [6.07, 6.45) is -1.08. The lowest BCUT2D eigenvalue weighted by Gasteiger charge is -2.13. The molecule has 0 aliphatic carbocycles. The van der Waals surface area contributed by atoms with Crippen LogP contribution in [0.4, 0.5) is 4.39 Å². The summed E-state index contributed by atoms with van der Waals surface area (Å²) in [6, 6.07) is 14.0. The average molecular weight is 300 g/mol. The zero-order chi connectivity index (χ0) is 15.5. The smallest absolute Gasteiger partial charge is 0.336 e. The van der Waals surface area contributed by atoms with Crippen LogP contribution in [0, 0.1) is 5.82 Å². The largest absolute Gasteiger partial charge is 0.490 e. The first-order chi connectivity index (χ1) is 10.6. The normalized spacial score (nSPS) is 12.3. The van der Waals surface area contributed by atoms with Crippen molar-refractivity contribution in [1.82, 2.24) is 0 Å². The Balaban J connectivity index is 1.76. The number of ether oxygens (including phenoxy) is 1. The Labute approximate surface area is 125 Å². The molecule has 2 aromatic carbocycles. The molecule has 0 bridgehead atoms. The molecule has 0 fully saturated rings. The molecule has 0 radical (unpaired) electrons. The topological polar surface area (TPSA) is 59.7 Å². The number of aliphatic hydroxyl groups excluding tert-OH is 1. The second kappa shape index (κ2) is 5.99. The molecule has 5 heteroatoms. The van der Waals surface area contributed by atoms with Crippen LogP contribution in [0.2, 0.25) is 0 Å². The first kappa shape index (κ1) is 14.3. The third-order valence-corrected chi connectivity index (χ3v) is 3.27. The molecule has 112 valence electrons. The van der Waals surface area contributed by atoms with Gasteiger partial charge in [0.2, 0.25) is 0 Å². The molecule has 22 heavy (non-hydrogen) atoms. The molecule has 1 atom stereocenters. The maximum atomic E-state index is 13.6. The van der Waals surface area contributed by atoms with E-state index in [-0.39, 0.29) is 12.2 Å². The minimum atomic E-state index is -1.08. The van der Waals surface area contributed by atoms with Crippen LogP contribution in [0.3, 0.4) is 0 Å². The summed E-state index contributed by atoms with van der Waals surface area (Å²) in [5, 5.41) is 10.7. The lowest BCUT2D eigenvalue weighted by Crippen LogP contribution is -2.11. The Morgan fingerprint density at radius 3 is 2.73 bits per heavy atom. The lowest BCUT2D eigenvalue weighted by molar-refractivity contribution is 0.105. The molecule has 0 saturated carbocycles. The highest BCUT2D eigenvalue weighted by atomic mass is 19.1. The van der Waals surface area contributed by atoms with Gasteiger partial charge < -0.3 is 14.3 Å². The molecule has 4 nitrogen and oxygen atoms in total. The summed E-state index contributed by atoms with van der Waals surface area (Å²) >= 11 is 0. The van der Waals surface area contributed by atoms with Gasteiger partial charge in [0.25, 0.3) is 0 Å². The van der Waals surface area contributed by atoms with Crippen molar-refractivity contribution >= 4 is 11.0 Å². The first-order valence-electron chi connectivity index (χ1n) is 6.73. The summed E-state index contributed by atoms with van der Waals surface area (Å²) in [6.45, 7) is -0.108. The second-order valence-corrected chi connectivity index (χ2v) is 4.80. The van der Waals surface area contributed by atoms with E-state index in [1.807, 2.05) is 0 Å². The van der Waals surface area contributed by atoms with Gasteiger partial charge in [0.15, 0.2) is 0 Å². The maximum Gasteiger partial charge on any atom is 0.336 e. The van der Waals surface area contributed by atoms with Crippen molar-refractivity contribution in [2.75, 3.05) is 6.61 Å². The van der Waals surface area contributed by atoms with Gasteiger partial charge in [-0.3, -0.25) is 0 Å². The van der Waals surface area contributed by atoms with Crippen molar-refractivity contribution in [2.24, 2.45) is 0 Å². The van der Waals surface area contributed by atoms with E-state index >= 15 is 0 Å². The van der Waals surface area contributed by atoms with Crippen LogP contribution in [-0.2, 0) is 0 Å². The van der Waals surface area contributed by atoms with Gasteiger partial charge in [-0.25, -0.2) is 9.18 Å². The Morgan fingerprint density at radius 1 is 1.14 bits per heavy atom. The Hall–Kier alpha value is -2.66. The Kier molecular flexibility index (Phi) is 3.89. The van der Waals surface area contributed by atoms with Crippen LogP contribution >= 0.6 is 0 Å². The van der Waals surface area contributed by atoms with Crippen LogP contribution in [0.15, 0.2) is 63.8 Å². The monoisotopic (exact) mass is 300 g/mol. The molecule has 3 rings (SSSR count). The Morgan fingerprint density at radius 2 is 1.91 bits per heavy atom. The molecule has 3 aromatic rings. The fraction of sp³-hybridized carbons (Fsp3) is 0.118. The summed E-state index contributed by atoms with van der Waals surface area (Å²) in [7, 11) is 0. The second-order valence-electron chi connectivity index (χ2n) is 4.80. The van der Waals surface area contributed by atoms with E-state index < -0.39 is 17.5 Å². The molecular formula is C17H13FO4. The van der Waals surface area contributed by atoms with Crippen LogP contribution in [0.1, 0.15) is 11.7 Å². The van der Waals surface area contributed by atoms with E-state index in [0.717, 1.165) is 5.39 Å². The van der Waals surface area contributed by atoms with E-state index in [1.165, 1.54) is 18.2 Å². The third-order valence-electron chi connectivity index (χ3n) is 3.27. The van der Waals surface area contributed by atoms with Gasteiger partial charge in [-0.2, -0.15) is 0 Å². The predicted molar refractivity (Wildman–Crippen MR) is 79.3 cm³/mol. The van der Waals surface area contributed by atoms with E-state index in [1.54, 1.807) is 36.4 Å². The molecule has 1 N–H and O–H groups in total. The molecule has 1 unspecified atom stereocenters. The zero-order valence-corrected chi connectivity index (χ0v) is 11.5. The number of hydrogen-bond acceptors (Lipinski definition) is 4. The fourth-order valence-electron chi connectivity index (χ4n) is 2.14. The zero-order valence-electron chi connectivity index (χ0n) is 11.5. The average Bonchev–Trinajstić information content (AvgIpc) is 2.52. The first-order valence-corrected chi connectivity index (χ1v) is 6.73. The van der Waals surface area contributed by atoms with Crippen molar-refractivity contribution in [3.63, 3.8) is 0 Å². The number of aliphatic hydroxyl groups is 1. The van der Waals surface area contributed by atoms with Crippen molar-refractivity contribution in [3.05, 3.63) is 76.4 Å².